The van der Waals surface area contributed by atoms with Gasteiger partial charge in [-0.1, -0.05) is 0 Å². The van der Waals surface area contributed by atoms with Gasteiger partial charge in [-0.25, -0.2) is 0 Å². The van der Waals surface area contributed by atoms with Crippen LogP contribution >= 0.6 is 0 Å². The van der Waals surface area contributed by atoms with Crippen molar-refractivity contribution in [3.05, 3.63) is 34.6 Å². The second-order valence-electron chi connectivity index (χ2n) is 3.89. The molecule has 0 amide bonds. The van der Waals surface area contributed by atoms with E-state index >= 15 is 0 Å². The molecule has 0 unspecified atom stereocenters. The molecular formula is C12H16N2Ru. The molecule has 0 atom stereocenters. The van der Waals surface area contributed by atoms with Gasteiger partial charge in [0.2, 0.25) is 0 Å². The van der Waals surface area contributed by atoms with Gasteiger partial charge < -0.3 is 0 Å². The van der Waals surface area contributed by atoms with E-state index in [2.05, 4.69) is 50.1 Å². The first-order valence-corrected chi connectivity index (χ1v) is 6.75. The first kappa shape index (κ1) is 10.7. The van der Waals surface area contributed by atoms with E-state index in [0.29, 0.717) is 0 Å². The molecule has 2 heterocycles. The number of aromatic nitrogens is 2. The van der Waals surface area contributed by atoms with Crippen LogP contribution in [0.15, 0.2) is 12.4 Å². The van der Waals surface area contributed by atoms with E-state index in [0.717, 1.165) is 0 Å². The summed E-state index contributed by atoms with van der Waals surface area (Å²) < 4.78 is 2.81. The standard InChI is InChI=1S/2C6H8N.Ru/c2*1-5-3-7-4-6(5)2;/h2*3,7H,1-2H3;. The van der Waals surface area contributed by atoms with Crippen LogP contribution in [0.3, 0.4) is 0 Å². The first-order valence-electron chi connectivity index (χ1n) is 5.01. The van der Waals surface area contributed by atoms with Crippen LogP contribution in [0, 0.1) is 27.7 Å². The number of aromatic amines is 2. The van der Waals surface area contributed by atoms with Crippen LogP contribution in [0.4, 0.5) is 0 Å². The summed E-state index contributed by atoms with van der Waals surface area (Å²) >= 11 is 0.108. The zero-order valence-corrected chi connectivity index (χ0v) is 11.2. The molecule has 0 aliphatic rings. The van der Waals surface area contributed by atoms with Crippen LogP contribution in [0.5, 0.6) is 0 Å². The summed E-state index contributed by atoms with van der Waals surface area (Å²) in [5.74, 6) is 0. The van der Waals surface area contributed by atoms with E-state index in [1.165, 1.54) is 30.8 Å². The molecule has 15 heavy (non-hydrogen) atoms. The van der Waals surface area contributed by atoms with E-state index < -0.39 is 0 Å². The Balaban J connectivity index is 2.29. The maximum atomic E-state index is 3.38. The van der Waals surface area contributed by atoms with Gasteiger partial charge in [-0.2, -0.15) is 0 Å². The molecule has 2 nitrogen and oxygen atoms in total. The van der Waals surface area contributed by atoms with E-state index in [-0.39, 0.29) is 17.1 Å². The summed E-state index contributed by atoms with van der Waals surface area (Å²) in [4.78, 5) is 6.76. The topological polar surface area (TPSA) is 31.6 Å². The van der Waals surface area contributed by atoms with Crippen molar-refractivity contribution in [2.45, 2.75) is 27.7 Å². The van der Waals surface area contributed by atoms with Crippen molar-refractivity contribution in [1.29, 1.82) is 0 Å². The molecule has 0 spiro atoms. The molecule has 3 heteroatoms. The Morgan fingerprint density at radius 2 is 1.20 bits per heavy atom. The van der Waals surface area contributed by atoms with Crippen molar-refractivity contribution in [2.24, 2.45) is 0 Å². The van der Waals surface area contributed by atoms with Crippen molar-refractivity contribution in [3.8, 4) is 0 Å². The summed E-state index contributed by atoms with van der Waals surface area (Å²) in [5.41, 5.74) is 5.56. The summed E-state index contributed by atoms with van der Waals surface area (Å²) in [6, 6.07) is 0. The van der Waals surface area contributed by atoms with Gasteiger partial charge in [-0.3, -0.25) is 0 Å². The third kappa shape index (κ3) is 1.94. The molecular weight excluding hydrogens is 273 g/mol. The molecule has 0 aromatic carbocycles. The quantitative estimate of drug-likeness (QED) is 0.787. The minimum atomic E-state index is 0.108. The molecule has 0 aliphatic carbocycles. The molecule has 0 fully saturated rings. The van der Waals surface area contributed by atoms with Gasteiger partial charge in [0.1, 0.15) is 0 Å². The molecule has 0 bridgehead atoms. The van der Waals surface area contributed by atoms with Gasteiger partial charge >= 0.3 is 98.0 Å². The molecule has 2 aromatic rings. The second kappa shape index (κ2) is 3.98. The summed E-state index contributed by atoms with van der Waals surface area (Å²) in [5, 5.41) is 0. The Bertz CT molecular complexity index is 436. The van der Waals surface area contributed by atoms with Crippen molar-refractivity contribution in [1.82, 2.24) is 9.97 Å². The monoisotopic (exact) mass is 290 g/mol. The second-order valence-corrected chi connectivity index (χ2v) is 6.06. The van der Waals surface area contributed by atoms with Crippen molar-refractivity contribution >= 4 is 8.58 Å². The SMILES string of the molecule is Cc1c[nH][c]([Ru][c]2[nH]cc(C)c2C)c1C. The molecule has 82 valence electrons. The van der Waals surface area contributed by atoms with Gasteiger partial charge in [0, 0.05) is 0 Å². The molecule has 0 radical (unpaired) electrons. The third-order valence-electron chi connectivity index (χ3n) is 2.82. The Hall–Kier alpha value is -0.817. The van der Waals surface area contributed by atoms with E-state index in [9.17, 15) is 0 Å². The van der Waals surface area contributed by atoms with Crippen LogP contribution in [-0.4, -0.2) is 9.97 Å². The van der Waals surface area contributed by atoms with Gasteiger partial charge in [0.05, 0.1) is 0 Å². The molecule has 0 saturated carbocycles. The van der Waals surface area contributed by atoms with Crippen molar-refractivity contribution in [2.75, 3.05) is 0 Å². The minimum absolute atomic E-state index is 0.108. The number of aryl methyl sites for hydroxylation is 2. The Morgan fingerprint density at radius 1 is 0.800 bits per heavy atom. The van der Waals surface area contributed by atoms with E-state index in [1.54, 1.807) is 0 Å². The normalized spacial score (nSPS) is 11.2. The number of rotatable bonds is 2. The van der Waals surface area contributed by atoms with Crippen molar-refractivity contribution < 1.29 is 17.1 Å². The fraction of sp³-hybridized carbons (Fsp3) is 0.333. The zero-order valence-electron chi connectivity index (χ0n) is 9.51. The molecule has 0 saturated heterocycles. The summed E-state index contributed by atoms with van der Waals surface area (Å²) in [7, 11) is 0. The zero-order chi connectivity index (χ0) is 11.0. The predicted octanol–water partition coefficient (Wildman–Crippen LogP) is 1.61. The number of hydrogen-bond donors (Lipinski definition) is 2. The van der Waals surface area contributed by atoms with Crippen LogP contribution < -0.4 is 8.58 Å². The third-order valence-corrected chi connectivity index (χ3v) is 5.50. The summed E-state index contributed by atoms with van der Waals surface area (Å²) in [6.45, 7) is 8.70. The fourth-order valence-electron chi connectivity index (χ4n) is 1.38. The van der Waals surface area contributed by atoms with Gasteiger partial charge in [-0.15, -0.1) is 0 Å². The number of hydrogen-bond acceptors (Lipinski definition) is 0. The summed E-state index contributed by atoms with van der Waals surface area (Å²) in [6.07, 6.45) is 4.20. The number of H-pyrrole nitrogens is 2. The molecule has 2 N–H and O–H groups in total. The van der Waals surface area contributed by atoms with Crippen LogP contribution in [0.1, 0.15) is 22.3 Å². The van der Waals surface area contributed by atoms with Crippen LogP contribution in [-0.2, 0) is 17.1 Å². The fourth-order valence-corrected chi connectivity index (χ4v) is 3.65. The van der Waals surface area contributed by atoms with Gasteiger partial charge in [0.15, 0.2) is 0 Å². The predicted molar refractivity (Wildman–Crippen MR) is 59.8 cm³/mol. The Kier molecular flexibility index (Phi) is 2.83. The van der Waals surface area contributed by atoms with Crippen LogP contribution in [0.2, 0.25) is 0 Å². The van der Waals surface area contributed by atoms with Crippen LogP contribution in [0.25, 0.3) is 0 Å². The van der Waals surface area contributed by atoms with Gasteiger partial charge in [-0.05, 0) is 0 Å². The average Bonchev–Trinajstić information content (AvgIpc) is 2.68. The van der Waals surface area contributed by atoms with E-state index in [1.807, 2.05) is 0 Å². The molecule has 2 rings (SSSR count). The molecule has 2 aromatic heterocycles. The average molecular weight is 289 g/mol. The molecule has 0 aliphatic heterocycles. The Labute approximate surface area is 98.1 Å². The first-order chi connectivity index (χ1) is 7.09. The van der Waals surface area contributed by atoms with Crippen molar-refractivity contribution in [3.63, 3.8) is 0 Å². The Morgan fingerprint density at radius 3 is 1.47 bits per heavy atom. The number of nitrogens with one attached hydrogen (secondary N) is 2. The van der Waals surface area contributed by atoms with E-state index in [4.69, 9.17) is 0 Å². The maximum absolute atomic E-state index is 3.38. The van der Waals surface area contributed by atoms with Gasteiger partial charge in [0.25, 0.3) is 0 Å².